The number of carboxylic acid groups (broad SMARTS) is 1. The molecule has 82 valence electrons. The number of rotatable bonds is 3. The van der Waals surface area contributed by atoms with Gasteiger partial charge in [0.2, 0.25) is 0 Å². The fraction of sp³-hybridized carbons (Fsp3) is 0.400. The smallest absolute Gasteiger partial charge is 0.322 e. The number of carbonyl (C=O) groups is 2. The lowest BCUT2D eigenvalue weighted by atomic mass is 9.95. The molecule has 3 N–H and O–H groups in total. The van der Waals surface area contributed by atoms with Crippen LogP contribution in [-0.4, -0.2) is 34.7 Å². The Bertz CT molecular complexity index is 332. The largest absolute Gasteiger partial charge is 0.480 e. The van der Waals surface area contributed by atoms with Gasteiger partial charge >= 0.3 is 5.97 Å². The molecule has 0 fully saturated rings. The highest BCUT2D eigenvalue weighted by Crippen LogP contribution is 2.16. The maximum atomic E-state index is 11.4. The van der Waals surface area contributed by atoms with Gasteiger partial charge < -0.3 is 15.5 Å². The molecule has 0 aromatic heterocycles. The van der Waals surface area contributed by atoms with E-state index >= 15 is 0 Å². The van der Waals surface area contributed by atoms with E-state index in [1.165, 1.54) is 12.2 Å². The van der Waals surface area contributed by atoms with Crippen molar-refractivity contribution in [2.75, 3.05) is 6.54 Å². The van der Waals surface area contributed by atoms with Crippen molar-refractivity contribution in [3.8, 4) is 0 Å². The van der Waals surface area contributed by atoms with E-state index in [4.69, 9.17) is 5.11 Å². The van der Waals surface area contributed by atoms with Gasteiger partial charge in [-0.3, -0.25) is 9.59 Å². The molecule has 0 aromatic rings. The zero-order valence-corrected chi connectivity index (χ0v) is 8.30. The summed E-state index contributed by atoms with van der Waals surface area (Å²) >= 11 is 0. The summed E-state index contributed by atoms with van der Waals surface area (Å²) < 4.78 is 0. The van der Waals surface area contributed by atoms with Gasteiger partial charge in [-0.25, -0.2) is 0 Å². The molecule has 2 atom stereocenters. The van der Waals surface area contributed by atoms with Gasteiger partial charge in [0.25, 0.3) is 5.91 Å². The van der Waals surface area contributed by atoms with E-state index in [2.05, 4.69) is 5.32 Å². The molecule has 1 unspecified atom stereocenters. The Morgan fingerprint density at radius 1 is 1.53 bits per heavy atom. The number of nitrogens with one attached hydrogen (secondary N) is 1. The van der Waals surface area contributed by atoms with Crippen molar-refractivity contribution in [3.05, 3.63) is 23.8 Å². The minimum absolute atomic E-state index is 0.138. The molecule has 0 bridgehead atoms. The normalized spacial score (nSPS) is 24.5. The predicted octanol–water partition coefficient (Wildman–Crippen LogP) is -0.320. The number of hydrogen-bond donors (Lipinski definition) is 3. The Labute approximate surface area is 87.1 Å². The van der Waals surface area contributed by atoms with Gasteiger partial charge in [0.15, 0.2) is 0 Å². The molecule has 1 aliphatic carbocycles. The van der Waals surface area contributed by atoms with Crippen LogP contribution < -0.4 is 5.32 Å². The Kier molecular flexibility index (Phi) is 3.62. The molecule has 0 aromatic carbocycles. The zero-order chi connectivity index (χ0) is 11.4. The third kappa shape index (κ3) is 3.21. The van der Waals surface area contributed by atoms with Crippen LogP contribution in [0.5, 0.6) is 0 Å². The topological polar surface area (TPSA) is 86.6 Å². The highest BCUT2D eigenvalue weighted by Gasteiger charge is 2.17. The minimum Gasteiger partial charge on any atom is -0.480 e. The van der Waals surface area contributed by atoms with Gasteiger partial charge in [0, 0.05) is 11.5 Å². The van der Waals surface area contributed by atoms with Gasteiger partial charge in [0.1, 0.15) is 6.54 Å². The SMILES string of the molecule is CC1C=C(C(=O)NCC(=O)O)C=C[C@@H]1O. The molecule has 0 saturated heterocycles. The molecule has 5 heteroatoms. The molecule has 1 aliphatic rings. The Morgan fingerprint density at radius 2 is 2.20 bits per heavy atom. The highest BCUT2D eigenvalue weighted by molar-refractivity contribution is 5.97. The molecule has 0 spiro atoms. The van der Waals surface area contributed by atoms with Crippen LogP contribution in [0.2, 0.25) is 0 Å². The number of hydrogen-bond acceptors (Lipinski definition) is 3. The van der Waals surface area contributed by atoms with E-state index in [1.807, 2.05) is 0 Å². The monoisotopic (exact) mass is 211 g/mol. The summed E-state index contributed by atoms with van der Waals surface area (Å²) in [5, 5.41) is 19.9. The summed E-state index contributed by atoms with van der Waals surface area (Å²) in [5.41, 5.74) is 0.383. The second-order valence-electron chi connectivity index (χ2n) is 3.41. The second kappa shape index (κ2) is 4.75. The Hall–Kier alpha value is -1.62. The second-order valence-corrected chi connectivity index (χ2v) is 3.41. The lowest BCUT2D eigenvalue weighted by Crippen LogP contribution is -2.31. The fourth-order valence-electron chi connectivity index (χ4n) is 1.22. The van der Waals surface area contributed by atoms with Crippen molar-refractivity contribution in [3.63, 3.8) is 0 Å². The lowest BCUT2D eigenvalue weighted by molar-refractivity contribution is -0.137. The summed E-state index contributed by atoms with van der Waals surface area (Å²) in [6.07, 6.45) is 4.03. The molecule has 1 rings (SSSR count). The van der Waals surface area contributed by atoms with Gasteiger partial charge in [0.05, 0.1) is 6.10 Å². The van der Waals surface area contributed by atoms with Crippen molar-refractivity contribution in [2.45, 2.75) is 13.0 Å². The van der Waals surface area contributed by atoms with Crippen LogP contribution in [0.3, 0.4) is 0 Å². The Balaban J connectivity index is 2.58. The van der Waals surface area contributed by atoms with Crippen molar-refractivity contribution < 1.29 is 19.8 Å². The van der Waals surface area contributed by atoms with Crippen molar-refractivity contribution in [2.24, 2.45) is 5.92 Å². The van der Waals surface area contributed by atoms with Crippen LogP contribution in [0.15, 0.2) is 23.8 Å². The van der Waals surface area contributed by atoms with E-state index in [0.29, 0.717) is 5.57 Å². The summed E-state index contributed by atoms with van der Waals surface area (Å²) in [6.45, 7) is 1.37. The molecule has 1 amide bonds. The van der Waals surface area contributed by atoms with Crippen LogP contribution in [-0.2, 0) is 9.59 Å². The predicted molar refractivity (Wildman–Crippen MR) is 53.0 cm³/mol. The first-order valence-corrected chi connectivity index (χ1v) is 4.59. The van der Waals surface area contributed by atoms with Crippen molar-refractivity contribution >= 4 is 11.9 Å². The van der Waals surface area contributed by atoms with Crippen LogP contribution >= 0.6 is 0 Å². The van der Waals surface area contributed by atoms with E-state index in [1.54, 1.807) is 13.0 Å². The van der Waals surface area contributed by atoms with Crippen molar-refractivity contribution in [1.82, 2.24) is 5.32 Å². The van der Waals surface area contributed by atoms with Gasteiger partial charge in [-0.1, -0.05) is 25.2 Å². The average molecular weight is 211 g/mol. The van der Waals surface area contributed by atoms with E-state index < -0.39 is 24.5 Å². The number of amides is 1. The summed E-state index contributed by atoms with van der Waals surface area (Å²) in [5.74, 6) is -1.66. The lowest BCUT2D eigenvalue weighted by Gasteiger charge is -2.17. The molecule has 0 aliphatic heterocycles. The molecule has 0 heterocycles. The highest BCUT2D eigenvalue weighted by atomic mass is 16.4. The number of carbonyl (C=O) groups excluding carboxylic acids is 1. The molecular formula is C10H13NO4. The first kappa shape index (κ1) is 11.5. The van der Waals surface area contributed by atoms with Crippen LogP contribution in [0.1, 0.15) is 6.92 Å². The van der Waals surface area contributed by atoms with E-state index in [0.717, 1.165) is 0 Å². The number of aliphatic hydroxyl groups is 1. The number of carboxylic acids is 1. The Morgan fingerprint density at radius 3 is 2.73 bits per heavy atom. The first-order chi connectivity index (χ1) is 7.00. The van der Waals surface area contributed by atoms with Crippen LogP contribution in [0.25, 0.3) is 0 Å². The standard InChI is InChI=1S/C10H13NO4/c1-6-4-7(2-3-8(6)12)10(15)11-5-9(13)14/h2-4,6,8,12H,5H2,1H3,(H,11,15)(H,13,14)/t6?,8-/m0/s1. The third-order valence-electron chi connectivity index (χ3n) is 2.12. The third-order valence-corrected chi connectivity index (χ3v) is 2.12. The first-order valence-electron chi connectivity index (χ1n) is 4.59. The number of aliphatic hydroxyl groups excluding tert-OH is 1. The molecular weight excluding hydrogens is 198 g/mol. The van der Waals surface area contributed by atoms with Gasteiger partial charge in [-0.15, -0.1) is 0 Å². The van der Waals surface area contributed by atoms with Crippen molar-refractivity contribution in [1.29, 1.82) is 0 Å². The van der Waals surface area contributed by atoms with Gasteiger partial charge in [-0.2, -0.15) is 0 Å². The number of aliphatic carboxylic acids is 1. The summed E-state index contributed by atoms with van der Waals surface area (Å²) in [7, 11) is 0. The minimum atomic E-state index is -1.09. The molecule has 0 saturated carbocycles. The van der Waals surface area contributed by atoms with E-state index in [9.17, 15) is 14.7 Å². The fourth-order valence-corrected chi connectivity index (χ4v) is 1.22. The summed E-state index contributed by atoms with van der Waals surface area (Å²) in [6, 6.07) is 0. The quantitative estimate of drug-likeness (QED) is 0.597. The molecule has 0 radical (unpaired) electrons. The molecule has 15 heavy (non-hydrogen) atoms. The zero-order valence-electron chi connectivity index (χ0n) is 8.30. The maximum Gasteiger partial charge on any atom is 0.322 e. The molecule has 5 nitrogen and oxygen atoms in total. The van der Waals surface area contributed by atoms with E-state index in [-0.39, 0.29) is 5.92 Å². The average Bonchev–Trinajstić information content (AvgIpc) is 2.18. The van der Waals surface area contributed by atoms with Crippen LogP contribution in [0, 0.1) is 5.92 Å². The van der Waals surface area contributed by atoms with Gasteiger partial charge in [-0.05, 0) is 0 Å². The maximum absolute atomic E-state index is 11.4. The summed E-state index contributed by atoms with van der Waals surface area (Å²) in [4.78, 5) is 21.6. The van der Waals surface area contributed by atoms with Crippen LogP contribution in [0.4, 0.5) is 0 Å².